The molecular weight excluding hydrogens is 556 g/mol. The zero-order valence-electron chi connectivity index (χ0n) is 26.2. The van der Waals surface area contributed by atoms with Gasteiger partial charge in [0.1, 0.15) is 29.5 Å². The van der Waals surface area contributed by atoms with Crippen LogP contribution in [0.3, 0.4) is 0 Å². The van der Waals surface area contributed by atoms with Gasteiger partial charge < -0.3 is 38.5 Å². The summed E-state index contributed by atoms with van der Waals surface area (Å²) in [6.07, 6.45) is 0. The zero-order valence-corrected chi connectivity index (χ0v) is 26.2. The number of amides is 1. The molecule has 1 N–H and O–H groups in total. The number of rotatable bonds is 18. The standard InChI is InChI=1S/C31H44N4O8/c1-22-29(33-34-35(22)27-21-25(38-6)8-9-28(27)39-7)30(36)32-24-18-23(31(2,3)4)19-26(20-24)43-17-16-42-15-14-41-13-12-40-11-10-37-5/h8-9,18-21H,10-17H2,1-7H3,(H,32,36). The Kier molecular flexibility index (Phi) is 13.2. The smallest absolute Gasteiger partial charge is 0.278 e. The summed E-state index contributed by atoms with van der Waals surface area (Å²) in [5.74, 6) is 1.43. The second kappa shape index (κ2) is 16.8. The van der Waals surface area contributed by atoms with Crippen LogP contribution in [0.15, 0.2) is 36.4 Å². The van der Waals surface area contributed by atoms with E-state index in [2.05, 4.69) is 36.4 Å². The van der Waals surface area contributed by atoms with Gasteiger partial charge in [0, 0.05) is 24.9 Å². The lowest BCUT2D eigenvalue weighted by Gasteiger charge is -2.21. The number of nitrogens with zero attached hydrogens (tertiary/aromatic N) is 3. The molecule has 0 saturated heterocycles. The molecule has 43 heavy (non-hydrogen) atoms. The molecule has 12 heteroatoms. The lowest BCUT2D eigenvalue weighted by Crippen LogP contribution is -2.17. The first-order valence-corrected chi connectivity index (χ1v) is 14.1. The average molecular weight is 601 g/mol. The lowest BCUT2D eigenvalue weighted by molar-refractivity contribution is 0.000161. The van der Waals surface area contributed by atoms with Gasteiger partial charge in [-0.05, 0) is 42.2 Å². The van der Waals surface area contributed by atoms with Gasteiger partial charge in [0.25, 0.3) is 5.91 Å². The van der Waals surface area contributed by atoms with E-state index in [1.54, 1.807) is 57.2 Å². The number of ether oxygens (including phenoxy) is 7. The quantitative estimate of drug-likeness (QED) is 0.212. The van der Waals surface area contributed by atoms with E-state index >= 15 is 0 Å². The van der Waals surface area contributed by atoms with Crippen LogP contribution >= 0.6 is 0 Å². The van der Waals surface area contributed by atoms with E-state index in [-0.39, 0.29) is 11.1 Å². The van der Waals surface area contributed by atoms with Crippen molar-refractivity contribution in [3.05, 3.63) is 53.3 Å². The van der Waals surface area contributed by atoms with Crippen molar-refractivity contribution < 1.29 is 38.0 Å². The van der Waals surface area contributed by atoms with E-state index in [9.17, 15) is 4.79 Å². The Bertz CT molecular complexity index is 1310. The molecule has 1 heterocycles. The summed E-state index contributed by atoms with van der Waals surface area (Å²) in [6, 6.07) is 11.0. The van der Waals surface area contributed by atoms with Gasteiger partial charge in [-0.1, -0.05) is 26.0 Å². The van der Waals surface area contributed by atoms with E-state index in [4.69, 9.17) is 33.2 Å². The first-order valence-electron chi connectivity index (χ1n) is 14.1. The van der Waals surface area contributed by atoms with Crippen molar-refractivity contribution in [1.82, 2.24) is 15.0 Å². The molecule has 1 aromatic heterocycles. The van der Waals surface area contributed by atoms with Gasteiger partial charge in [0.15, 0.2) is 5.69 Å². The number of benzene rings is 2. The summed E-state index contributed by atoms with van der Waals surface area (Å²) in [5, 5.41) is 11.3. The van der Waals surface area contributed by atoms with Gasteiger partial charge in [-0.3, -0.25) is 4.79 Å². The van der Waals surface area contributed by atoms with Crippen molar-refractivity contribution in [3.63, 3.8) is 0 Å². The summed E-state index contributed by atoms with van der Waals surface area (Å²) >= 11 is 0. The zero-order chi connectivity index (χ0) is 31.2. The Labute approximate surface area is 253 Å². The third-order valence-corrected chi connectivity index (χ3v) is 6.43. The third kappa shape index (κ3) is 10.2. The molecule has 0 fully saturated rings. The van der Waals surface area contributed by atoms with Crippen molar-refractivity contribution in [3.8, 4) is 22.9 Å². The highest BCUT2D eigenvalue weighted by Crippen LogP contribution is 2.31. The Hall–Kier alpha value is -3.71. The highest BCUT2D eigenvalue weighted by Gasteiger charge is 2.22. The molecule has 0 aliphatic carbocycles. The normalized spacial score (nSPS) is 11.4. The molecule has 3 rings (SSSR count). The van der Waals surface area contributed by atoms with E-state index in [1.165, 1.54) is 0 Å². The van der Waals surface area contributed by atoms with E-state index < -0.39 is 5.91 Å². The van der Waals surface area contributed by atoms with Crippen LogP contribution in [0.25, 0.3) is 5.69 Å². The molecule has 0 unspecified atom stereocenters. The second-order valence-corrected chi connectivity index (χ2v) is 10.6. The van der Waals surface area contributed by atoms with Crippen LogP contribution in [-0.2, 0) is 24.4 Å². The van der Waals surface area contributed by atoms with E-state index in [0.29, 0.717) is 87.2 Å². The molecular formula is C31H44N4O8. The van der Waals surface area contributed by atoms with Crippen LogP contribution in [0.2, 0.25) is 0 Å². The van der Waals surface area contributed by atoms with Crippen LogP contribution in [0.5, 0.6) is 17.2 Å². The van der Waals surface area contributed by atoms with E-state index in [1.807, 2.05) is 12.1 Å². The fourth-order valence-corrected chi connectivity index (χ4v) is 4.01. The molecule has 0 saturated carbocycles. The number of aromatic nitrogens is 3. The van der Waals surface area contributed by atoms with Crippen LogP contribution in [0.4, 0.5) is 5.69 Å². The first-order chi connectivity index (χ1) is 20.7. The molecule has 0 aliphatic rings. The first kappa shape index (κ1) is 33.8. The number of hydrogen-bond acceptors (Lipinski definition) is 10. The maximum atomic E-state index is 13.3. The van der Waals surface area contributed by atoms with Crippen LogP contribution in [-0.4, -0.2) is 95.1 Å². The molecule has 3 aromatic rings. The summed E-state index contributed by atoms with van der Waals surface area (Å²) in [6.45, 7) is 11.9. The number of hydrogen-bond donors (Lipinski definition) is 1. The number of carbonyl (C=O) groups excluding carboxylic acids is 1. The average Bonchev–Trinajstić information content (AvgIpc) is 3.37. The molecule has 236 valence electrons. The highest BCUT2D eigenvalue weighted by atomic mass is 16.6. The maximum absolute atomic E-state index is 13.3. The van der Waals surface area contributed by atoms with E-state index in [0.717, 1.165) is 5.56 Å². The highest BCUT2D eigenvalue weighted by molar-refractivity contribution is 6.03. The summed E-state index contributed by atoms with van der Waals surface area (Å²) in [4.78, 5) is 13.3. The summed E-state index contributed by atoms with van der Waals surface area (Å²) in [7, 11) is 4.78. The van der Waals surface area contributed by atoms with Crippen LogP contribution in [0, 0.1) is 6.92 Å². The Morgan fingerprint density at radius 1 is 0.814 bits per heavy atom. The third-order valence-electron chi connectivity index (χ3n) is 6.43. The molecule has 0 spiro atoms. The van der Waals surface area contributed by atoms with Gasteiger partial charge in [-0.2, -0.15) is 0 Å². The summed E-state index contributed by atoms with van der Waals surface area (Å²) < 4.78 is 39.7. The van der Waals surface area contributed by atoms with Crippen LogP contribution in [0.1, 0.15) is 42.5 Å². The summed E-state index contributed by atoms with van der Waals surface area (Å²) in [5.41, 5.74) is 2.75. The van der Waals surface area contributed by atoms with Crippen molar-refractivity contribution in [2.45, 2.75) is 33.1 Å². The minimum absolute atomic E-state index is 0.179. The number of carbonyl (C=O) groups is 1. The molecule has 0 atom stereocenters. The maximum Gasteiger partial charge on any atom is 0.278 e. The van der Waals surface area contributed by atoms with Gasteiger partial charge in [-0.25, -0.2) is 4.68 Å². The topological polar surface area (TPSA) is 124 Å². The molecule has 2 aromatic carbocycles. The molecule has 1 amide bonds. The van der Waals surface area contributed by atoms with Crippen LogP contribution < -0.4 is 19.5 Å². The molecule has 0 radical (unpaired) electrons. The van der Waals surface area contributed by atoms with Gasteiger partial charge in [0.05, 0.1) is 66.2 Å². The minimum Gasteiger partial charge on any atom is -0.497 e. The minimum atomic E-state index is -0.393. The van der Waals surface area contributed by atoms with Crippen molar-refractivity contribution in [1.29, 1.82) is 0 Å². The fourth-order valence-electron chi connectivity index (χ4n) is 4.01. The predicted octanol–water partition coefficient (Wildman–Crippen LogP) is 4.22. The Morgan fingerprint density at radius 3 is 2.07 bits per heavy atom. The van der Waals surface area contributed by atoms with Crippen molar-refractivity contribution in [2.24, 2.45) is 0 Å². The number of anilines is 1. The van der Waals surface area contributed by atoms with Gasteiger partial charge in [0.2, 0.25) is 0 Å². The lowest BCUT2D eigenvalue weighted by atomic mass is 9.86. The predicted molar refractivity (Wildman–Crippen MR) is 162 cm³/mol. The number of nitrogens with one attached hydrogen (secondary N) is 1. The molecule has 0 bridgehead atoms. The largest absolute Gasteiger partial charge is 0.497 e. The second-order valence-electron chi connectivity index (χ2n) is 10.6. The fraction of sp³-hybridized carbons (Fsp3) is 0.516. The monoisotopic (exact) mass is 600 g/mol. The number of methoxy groups -OCH3 is 3. The van der Waals surface area contributed by atoms with Gasteiger partial charge >= 0.3 is 0 Å². The Morgan fingerprint density at radius 2 is 1.47 bits per heavy atom. The van der Waals surface area contributed by atoms with Crippen molar-refractivity contribution in [2.75, 3.05) is 79.5 Å². The SMILES string of the molecule is COCCOCCOCCOCCOc1cc(NC(=O)c2nnn(-c3cc(OC)ccc3OC)c2C)cc(C(C)(C)C)c1. The molecule has 0 aliphatic heterocycles. The van der Waals surface area contributed by atoms with Gasteiger partial charge in [-0.15, -0.1) is 5.10 Å². The Balaban J connectivity index is 1.60. The molecule has 12 nitrogen and oxygen atoms in total. The van der Waals surface area contributed by atoms with Crippen molar-refractivity contribution >= 4 is 11.6 Å².